The number of nitrogens with zero attached hydrogens (tertiary/aromatic N) is 1. The van der Waals surface area contributed by atoms with Crippen LogP contribution in [0.5, 0.6) is 5.88 Å². The molecule has 5 nitrogen and oxygen atoms in total. The summed E-state index contributed by atoms with van der Waals surface area (Å²) in [5.41, 5.74) is 1.18. The van der Waals surface area contributed by atoms with Gasteiger partial charge < -0.3 is 15.4 Å². The molecule has 1 fully saturated rings. The van der Waals surface area contributed by atoms with E-state index in [0.29, 0.717) is 23.3 Å². The highest BCUT2D eigenvalue weighted by atomic mass is 19.1. The molecule has 25 heavy (non-hydrogen) atoms. The smallest absolute Gasteiger partial charge is 0.258 e. The first kappa shape index (κ1) is 17.2. The summed E-state index contributed by atoms with van der Waals surface area (Å²) in [5, 5.41) is 6.21. The van der Waals surface area contributed by atoms with Crippen molar-refractivity contribution in [3.8, 4) is 5.88 Å². The molecule has 1 aliphatic carbocycles. The number of rotatable bonds is 5. The molecule has 0 atom stereocenters. The minimum atomic E-state index is -0.553. The van der Waals surface area contributed by atoms with Crippen LogP contribution in [-0.4, -0.2) is 24.0 Å². The molecular formula is C19H22FN3O2. The highest BCUT2D eigenvalue weighted by Crippen LogP contribution is 2.33. The maximum absolute atomic E-state index is 13.8. The molecule has 2 aromatic rings. The zero-order valence-corrected chi connectivity index (χ0v) is 14.2. The van der Waals surface area contributed by atoms with Crippen LogP contribution >= 0.6 is 0 Å². The van der Waals surface area contributed by atoms with Gasteiger partial charge in [-0.25, -0.2) is 9.37 Å². The van der Waals surface area contributed by atoms with Gasteiger partial charge in [0, 0.05) is 12.2 Å². The Morgan fingerprint density at radius 2 is 1.96 bits per heavy atom. The Kier molecular flexibility index (Phi) is 5.48. The summed E-state index contributed by atoms with van der Waals surface area (Å²) in [6.07, 6.45) is 7.30. The van der Waals surface area contributed by atoms with Crippen molar-refractivity contribution in [3.05, 3.63) is 47.9 Å². The first-order valence-electron chi connectivity index (χ1n) is 8.54. The SMILES string of the molecule is COc1nccc(NC(=O)c2ccccc2F)c1NC1CCCCC1. The summed E-state index contributed by atoms with van der Waals surface area (Å²) in [6, 6.07) is 7.91. The highest BCUT2D eigenvalue weighted by molar-refractivity contribution is 6.06. The van der Waals surface area contributed by atoms with Gasteiger partial charge in [0.1, 0.15) is 11.5 Å². The number of amides is 1. The van der Waals surface area contributed by atoms with E-state index in [1.165, 1.54) is 38.5 Å². The summed E-state index contributed by atoms with van der Waals surface area (Å²) in [5.74, 6) is -0.641. The number of aromatic nitrogens is 1. The number of carbonyl (C=O) groups excluding carboxylic acids is 1. The lowest BCUT2D eigenvalue weighted by Gasteiger charge is -2.25. The number of halogens is 1. The van der Waals surface area contributed by atoms with Crippen LogP contribution in [0.3, 0.4) is 0 Å². The molecule has 0 spiro atoms. The van der Waals surface area contributed by atoms with E-state index in [2.05, 4.69) is 15.6 Å². The normalized spacial score (nSPS) is 14.8. The molecule has 0 unspecified atom stereocenters. The fourth-order valence-electron chi connectivity index (χ4n) is 3.13. The van der Waals surface area contributed by atoms with Crippen LogP contribution in [0.15, 0.2) is 36.5 Å². The molecule has 1 heterocycles. The van der Waals surface area contributed by atoms with E-state index in [1.807, 2.05) is 0 Å². The Morgan fingerprint density at radius 3 is 2.68 bits per heavy atom. The number of hydrogen-bond donors (Lipinski definition) is 2. The summed E-state index contributed by atoms with van der Waals surface area (Å²) >= 11 is 0. The molecule has 1 aliphatic rings. The Labute approximate surface area is 146 Å². The van der Waals surface area contributed by atoms with Crippen molar-refractivity contribution in [2.75, 3.05) is 17.7 Å². The van der Waals surface area contributed by atoms with Gasteiger partial charge in [-0.05, 0) is 31.0 Å². The van der Waals surface area contributed by atoms with Gasteiger partial charge in [0.15, 0.2) is 0 Å². The zero-order chi connectivity index (χ0) is 17.6. The molecule has 1 amide bonds. The Morgan fingerprint density at radius 1 is 1.20 bits per heavy atom. The number of pyridine rings is 1. The fraction of sp³-hybridized carbons (Fsp3) is 0.368. The molecule has 1 saturated carbocycles. The third kappa shape index (κ3) is 4.07. The van der Waals surface area contributed by atoms with Gasteiger partial charge in [0.25, 0.3) is 5.91 Å². The molecule has 0 bridgehead atoms. The quantitative estimate of drug-likeness (QED) is 0.853. The van der Waals surface area contributed by atoms with Gasteiger partial charge in [0.05, 0.1) is 18.4 Å². The lowest BCUT2D eigenvalue weighted by Crippen LogP contribution is -2.24. The second-order valence-corrected chi connectivity index (χ2v) is 6.16. The third-order valence-corrected chi connectivity index (χ3v) is 4.43. The molecule has 1 aromatic carbocycles. The van der Waals surface area contributed by atoms with E-state index in [0.717, 1.165) is 12.8 Å². The first-order chi connectivity index (χ1) is 12.2. The molecule has 3 rings (SSSR count). The highest BCUT2D eigenvalue weighted by Gasteiger charge is 2.20. The van der Waals surface area contributed by atoms with Crippen molar-refractivity contribution in [3.63, 3.8) is 0 Å². The molecule has 0 radical (unpaired) electrons. The number of methoxy groups -OCH3 is 1. The lowest BCUT2D eigenvalue weighted by molar-refractivity contribution is 0.102. The fourth-order valence-corrected chi connectivity index (χ4v) is 3.13. The number of benzene rings is 1. The largest absolute Gasteiger partial charge is 0.479 e. The standard InChI is InChI=1S/C19H22FN3O2/c1-25-19-17(22-13-7-3-2-4-8-13)16(11-12-21-19)23-18(24)14-9-5-6-10-15(14)20/h5-6,9-13,22H,2-4,7-8H2,1H3,(H,21,23,24). The molecule has 6 heteroatoms. The average molecular weight is 343 g/mol. The lowest BCUT2D eigenvalue weighted by atomic mass is 9.95. The number of anilines is 2. The molecule has 0 saturated heterocycles. The van der Waals surface area contributed by atoms with Crippen molar-refractivity contribution in [2.24, 2.45) is 0 Å². The number of nitrogens with one attached hydrogen (secondary N) is 2. The Balaban J connectivity index is 1.85. The third-order valence-electron chi connectivity index (χ3n) is 4.43. The van der Waals surface area contributed by atoms with Crippen molar-refractivity contribution < 1.29 is 13.9 Å². The van der Waals surface area contributed by atoms with E-state index in [4.69, 9.17) is 4.74 Å². The van der Waals surface area contributed by atoms with Crippen LogP contribution in [0.4, 0.5) is 15.8 Å². The average Bonchev–Trinajstić information content (AvgIpc) is 2.64. The predicted molar refractivity (Wildman–Crippen MR) is 95.6 cm³/mol. The van der Waals surface area contributed by atoms with Gasteiger partial charge in [-0.15, -0.1) is 0 Å². The van der Waals surface area contributed by atoms with E-state index < -0.39 is 11.7 Å². The van der Waals surface area contributed by atoms with Crippen molar-refractivity contribution >= 4 is 17.3 Å². The summed E-state index contributed by atoms with van der Waals surface area (Å²) in [4.78, 5) is 16.6. The maximum Gasteiger partial charge on any atom is 0.258 e. The van der Waals surface area contributed by atoms with E-state index in [-0.39, 0.29) is 5.56 Å². The minimum absolute atomic E-state index is 0.00176. The minimum Gasteiger partial charge on any atom is -0.479 e. The number of hydrogen-bond acceptors (Lipinski definition) is 4. The van der Waals surface area contributed by atoms with Gasteiger partial charge in [-0.3, -0.25) is 4.79 Å². The van der Waals surface area contributed by atoms with Crippen molar-refractivity contribution in [1.82, 2.24) is 4.98 Å². The van der Waals surface area contributed by atoms with Crippen LogP contribution in [0.25, 0.3) is 0 Å². The molecule has 2 N–H and O–H groups in total. The Bertz CT molecular complexity index is 745. The van der Waals surface area contributed by atoms with Gasteiger partial charge in [-0.2, -0.15) is 0 Å². The number of carbonyl (C=O) groups is 1. The van der Waals surface area contributed by atoms with Gasteiger partial charge in [0.2, 0.25) is 5.88 Å². The molecule has 1 aromatic heterocycles. The van der Waals surface area contributed by atoms with Crippen LogP contribution in [-0.2, 0) is 0 Å². The second-order valence-electron chi connectivity index (χ2n) is 6.16. The maximum atomic E-state index is 13.8. The van der Waals surface area contributed by atoms with Gasteiger partial charge >= 0.3 is 0 Å². The van der Waals surface area contributed by atoms with E-state index >= 15 is 0 Å². The van der Waals surface area contributed by atoms with Crippen LogP contribution < -0.4 is 15.4 Å². The van der Waals surface area contributed by atoms with Crippen molar-refractivity contribution in [2.45, 2.75) is 38.1 Å². The predicted octanol–water partition coefficient (Wildman–Crippen LogP) is 4.23. The summed E-state index contributed by atoms with van der Waals surface area (Å²) in [6.45, 7) is 0. The van der Waals surface area contributed by atoms with Crippen molar-refractivity contribution in [1.29, 1.82) is 0 Å². The van der Waals surface area contributed by atoms with E-state index in [9.17, 15) is 9.18 Å². The van der Waals surface area contributed by atoms with E-state index in [1.54, 1.807) is 24.4 Å². The first-order valence-corrected chi connectivity index (χ1v) is 8.54. The summed E-state index contributed by atoms with van der Waals surface area (Å²) in [7, 11) is 1.54. The second kappa shape index (κ2) is 7.96. The summed E-state index contributed by atoms with van der Waals surface area (Å²) < 4.78 is 19.2. The van der Waals surface area contributed by atoms with Crippen LogP contribution in [0.2, 0.25) is 0 Å². The monoisotopic (exact) mass is 343 g/mol. The molecule has 0 aliphatic heterocycles. The molecule has 132 valence electrons. The van der Waals surface area contributed by atoms with Crippen LogP contribution in [0.1, 0.15) is 42.5 Å². The van der Waals surface area contributed by atoms with Gasteiger partial charge in [-0.1, -0.05) is 31.4 Å². The number of ether oxygens (including phenoxy) is 1. The zero-order valence-electron chi connectivity index (χ0n) is 14.2. The van der Waals surface area contributed by atoms with Crippen LogP contribution in [0, 0.1) is 5.82 Å². The Hall–Kier alpha value is -2.63. The molecular weight excluding hydrogens is 321 g/mol. The topological polar surface area (TPSA) is 63.2 Å².